The van der Waals surface area contributed by atoms with Crippen LogP contribution in [0.5, 0.6) is 0 Å². The number of aromatic nitrogens is 3. The van der Waals surface area contributed by atoms with Crippen molar-refractivity contribution in [2.45, 2.75) is 32.8 Å². The smallest absolute Gasteiger partial charge is 0.157 e. The molecule has 0 spiro atoms. The number of fused-ring (bicyclic) bond motifs is 2. The SMILES string of the molecule is CC(C)c1cc2nc3c(c(Cl)n2n1)COCC3. The van der Waals surface area contributed by atoms with Gasteiger partial charge in [0.1, 0.15) is 5.15 Å². The minimum Gasteiger partial charge on any atom is -0.376 e. The molecule has 0 amide bonds. The van der Waals surface area contributed by atoms with Gasteiger partial charge in [-0.25, -0.2) is 9.50 Å². The second kappa shape index (κ2) is 3.96. The molecule has 0 bridgehead atoms. The summed E-state index contributed by atoms with van der Waals surface area (Å²) in [6.45, 7) is 5.48. The number of ether oxygens (including phenoxy) is 1. The number of nitrogens with zero attached hydrogens (tertiary/aromatic N) is 3. The quantitative estimate of drug-likeness (QED) is 0.732. The Morgan fingerprint density at radius 1 is 1.47 bits per heavy atom. The van der Waals surface area contributed by atoms with E-state index in [1.807, 2.05) is 6.07 Å². The molecule has 3 rings (SSSR count). The molecule has 0 N–H and O–H groups in total. The third-order valence-electron chi connectivity index (χ3n) is 3.06. The van der Waals surface area contributed by atoms with E-state index in [0.29, 0.717) is 17.7 Å². The Labute approximate surface area is 105 Å². The van der Waals surface area contributed by atoms with E-state index in [0.717, 1.165) is 35.6 Å². The Bertz CT molecular complexity index is 577. The molecule has 0 radical (unpaired) electrons. The first-order chi connectivity index (χ1) is 8.16. The van der Waals surface area contributed by atoms with E-state index >= 15 is 0 Å². The van der Waals surface area contributed by atoms with Crippen LogP contribution in [0.2, 0.25) is 5.15 Å². The van der Waals surface area contributed by atoms with E-state index in [9.17, 15) is 0 Å². The zero-order valence-electron chi connectivity index (χ0n) is 9.90. The summed E-state index contributed by atoms with van der Waals surface area (Å²) in [6, 6.07) is 2.01. The van der Waals surface area contributed by atoms with Gasteiger partial charge in [0.2, 0.25) is 0 Å². The largest absolute Gasteiger partial charge is 0.376 e. The Hall–Kier alpha value is -1.13. The topological polar surface area (TPSA) is 39.4 Å². The van der Waals surface area contributed by atoms with Gasteiger partial charge in [-0.15, -0.1) is 0 Å². The molecule has 2 aromatic rings. The molecule has 1 aliphatic heterocycles. The van der Waals surface area contributed by atoms with Crippen LogP contribution in [0.4, 0.5) is 0 Å². The molecule has 17 heavy (non-hydrogen) atoms. The molecule has 4 nitrogen and oxygen atoms in total. The van der Waals surface area contributed by atoms with Crippen molar-refractivity contribution in [3.8, 4) is 0 Å². The summed E-state index contributed by atoms with van der Waals surface area (Å²) in [7, 11) is 0. The average Bonchev–Trinajstić information content (AvgIpc) is 2.74. The van der Waals surface area contributed by atoms with Gasteiger partial charge < -0.3 is 4.74 Å². The predicted molar refractivity (Wildman–Crippen MR) is 65.4 cm³/mol. The Balaban J connectivity index is 2.25. The lowest BCUT2D eigenvalue weighted by atomic mass is 10.1. The number of hydrogen-bond donors (Lipinski definition) is 0. The van der Waals surface area contributed by atoms with Gasteiger partial charge in [-0.05, 0) is 5.92 Å². The van der Waals surface area contributed by atoms with Gasteiger partial charge in [0.05, 0.1) is 24.6 Å². The summed E-state index contributed by atoms with van der Waals surface area (Å²) < 4.78 is 7.13. The van der Waals surface area contributed by atoms with E-state index < -0.39 is 0 Å². The summed E-state index contributed by atoms with van der Waals surface area (Å²) in [5.41, 5.74) is 3.87. The van der Waals surface area contributed by atoms with Crippen LogP contribution in [0, 0.1) is 0 Å². The number of rotatable bonds is 1. The third-order valence-corrected chi connectivity index (χ3v) is 3.45. The van der Waals surface area contributed by atoms with E-state index in [2.05, 4.69) is 23.9 Å². The monoisotopic (exact) mass is 251 g/mol. The van der Waals surface area contributed by atoms with E-state index in [1.165, 1.54) is 0 Å². The van der Waals surface area contributed by atoms with E-state index in [4.69, 9.17) is 16.3 Å². The van der Waals surface area contributed by atoms with Gasteiger partial charge in [0.15, 0.2) is 5.65 Å². The van der Waals surface area contributed by atoms with Crippen molar-refractivity contribution in [2.75, 3.05) is 6.61 Å². The Morgan fingerprint density at radius 2 is 2.29 bits per heavy atom. The fraction of sp³-hybridized carbons (Fsp3) is 0.500. The maximum absolute atomic E-state index is 6.36. The molecule has 1 aliphatic rings. The molecular weight excluding hydrogens is 238 g/mol. The molecule has 0 atom stereocenters. The minimum absolute atomic E-state index is 0.376. The summed E-state index contributed by atoms with van der Waals surface area (Å²) in [6.07, 6.45) is 0.827. The van der Waals surface area contributed by atoms with Gasteiger partial charge in [-0.2, -0.15) is 5.10 Å². The average molecular weight is 252 g/mol. The molecule has 0 saturated carbocycles. The molecule has 2 aromatic heterocycles. The van der Waals surface area contributed by atoms with Crippen LogP contribution >= 0.6 is 11.6 Å². The van der Waals surface area contributed by atoms with Crippen LogP contribution in [0.15, 0.2) is 6.07 Å². The van der Waals surface area contributed by atoms with Crippen LogP contribution in [-0.2, 0) is 17.8 Å². The second-order valence-corrected chi connectivity index (χ2v) is 4.98. The maximum atomic E-state index is 6.36. The van der Waals surface area contributed by atoms with E-state index in [-0.39, 0.29) is 0 Å². The highest BCUT2D eigenvalue weighted by atomic mass is 35.5. The summed E-state index contributed by atoms with van der Waals surface area (Å²) in [5, 5.41) is 5.12. The van der Waals surface area contributed by atoms with Gasteiger partial charge >= 0.3 is 0 Å². The molecule has 0 saturated heterocycles. The van der Waals surface area contributed by atoms with Gasteiger partial charge in [-0.3, -0.25) is 0 Å². The molecular formula is C12H14ClN3O. The van der Waals surface area contributed by atoms with Crippen molar-refractivity contribution in [1.82, 2.24) is 14.6 Å². The normalized spacial score (nSPS) is 15.5. The summed E-state index contributed by atoms with van der Waals surface area (Å²) in [4.78, 5) is 4.62. The van der Waals surface area contributed by atoms with Crippen molar-refractivity contribution in [1.29, 1.82) is 0 Å². The van der Waals surface area contributed by atoms with E-state index in [1.54, 1.807) is 4.52 Å². The zero-order valence-corrected chi connectivity index (χ0v) is 10.7. The van der Waals surface area contributed by atoms with Crippen LogP contribution in [0.1, 0.15) is 36.7 Å². The van der Waals surface area contributed by atoms with Crippen LogP contribution in [-0.4, -0.2) is 21.2 Å². The maximum Gasteiger partial charge on any atom is 0.157 e. The first-order valence-electron chi connectivity index (χ1n) is 5.81. The molecule has 0 aromatic carbocycles. The lowest BCUT2D eigenvalue weighted by Crippen LogP contribution is -2.14. The molecule has 0 fully saturated rings. The van der Waals surface area contributed by atoms with Crippen molar-refractivity contribution in [2.24, 2.45) is 0 Å². The fourth-order valence-corrected chi connectivity index (χ4v) is 2.33. The van der Waals surface area contributed by atoms with Crippen molar-refractivity contribution in [3.05, 3.63) is 28.2 Å². The first kappa shape index (κ1) is 11.0. The summed E-state index contributed by atoms with van der Waals surface area (Å²) in [5.74, 6) is 0.376. The Morgan fingerprint density at radius 3 is 3.06 bits per heavy atom. The van der Waals surface area contributed by atoms with Gasteiger partial charge in [0, 0.05) is 18.1 Å². The molecule has 3 heterocycles. The Kier molecular flexibility index (Phi) is 2.56. The first-order valence-corrected chi connectivity index (χ1v) is 6.19. The minimum atomic E-state index is 0.376. The van der Waals surface area contributed by atoms with Crippen molar-refractivity contribution < 1.29 is 4.74 Å². The number of hydrogen-bond acceptors (Lipinski definition) is 3. The fourth-order valence-electron chi connectivity index (χ4n) is 2.04. The highest BCUT2D eigenvalue weighted by Gasteiger charge is 2.19. The lowest BCUT2D eigenvalue weighted by molar-refractivity contribution is 0.109. The highest BCUT2D eigenvalue weighted by Crippen LogP contribution is 2.26. The van der Waals surface area contributed by atoms with Crippen LogP contribution in [0.25, 0.3) is 5.65 Å². The third kappa shape index (κ3) is 1.72. The van der Waals surface area contributed by atoms with Gasteiger partial charge in [-0.1, -0.05) is 25.4 Å². The van der Waals surface area contributed by atoms with Crippen LogP contribution < -0.4 is 0 Å². The molecule has 0 unspecified atom stereocenters. The zero-order chi connectivity index (χ0) is 12.0. The lowest BCUT2D eigenvalue weighted by Gasteiger charge is -2.16. The standard InChI is InChI=1S/C12H14ClN3O/c1-7(2)10-5-11-14-9-3-4-17-6-8(9)12(13)16(11)15-10/h5,7H,3-4,6H2,1-2H3. The van der Waals surface area contributed by atoms with Crippen molar-refractivity contribution >= 4 is 17.2 Å². The summed E-state index contributed by atoms with van der Waals surface area (Å²) >= 11 is 6.36. The molecule has 0 aliphatic carbocycles. The number of halogens is 1. The highest BCUT2D eigenvalue weighted by molar-refractivity contribution is 6.30. The molecule has 90 valence electrons. The van der Waals surface area contributed by atoms with Gasteiger partial charge in [0.25, 0.3) is 0 Å². The van der Waals surface area contributed by atoms with Crippen LogP contribution in [0.3, 0.4) is 0 Å². The predicted octanol–water partition coefficient (Wildman–Crippen LogP) is 2.58. The second-order valence-electron chi connectivity index (χ2n) is 4.62. The van der Waals surface area contributed by atoms with Crippen molar-refractivity contribution in [3.63, 3.8) is 0 Å². The molecule has 5 heteroatoms.